The third-order valence-corrected chi connectivity index (χ3v) is 7.45. The lowest BCUT2D eigenvalue weighted by Gasteiger charge is -2.44. The Morgan fingerprint density at radius 3 is 2.50 bits per heavy atom. The van der Waals surface area contributed by atoms with E-state index in [9.17, 15) is 14.4 Å². The lowest BCUT2D eigenvalue weighted by Crippen LogP contribution is -2.65. The van der Waals surface area contributed by atoms with Crippen molar-refractivity contribution in [3.05, 3.63) is 53.6 Å². The number of amides is 3. The Morgan fingerprint density at radius 1 is 1.15 bits per heavy atom. The Bertz CT molecular complexity index is 1090. The fourth-order valence-electron chi connectivity index (χ4n) is 5.40. The van der Waals surface area contributed by atoms with Gasteiger partial charge in [-0.3, -0.25) is 14.4 Å². The summed E-state index contributed by atoms with van der Waals surface area (Å²) in [5.41, 5.74) is 0.498. The molecule has 2 aromatic rings. The third kappa shape index (κ3) is 3.99. The number of imidazole rings is 1. The zero-order valence-electron chi connectivity index (χ0n) is 20.0. The van der Waals surface area contributed by atoms with Gasteiger partial charge in [0, 0.05) is 25.2 Å². The molecule has 1 aromatic carbocycles. The SMILES string of the molecule is CCN(Cc1ccccc1)C(=O)c1ncn2c1C(=O)N(C1CC1)C(C)(C(=O)NC1CCCC1)C2. The van der Waals surface area contributed by atoms with E-state index in [1.807, 2.05) is 44.2 Å². The molecule has 8 nitrogen and oxygen atoms in total. The second kappa shape index (κ2) is 8.89. The van der Waals surface area contributed by atoms with Crippen LogP contribution >= 0.6 is 0 Å². The second-order valence-corrected chi connectivity index (χ2v) is 10.0. The molecule has 0 saturated heterocycles. The summed E-state index contributed by atoms with van der Waals surface area (Å²) in [5.74, 6) is -0.635. The number of nitrogens with one attached hydrogen (secondary N) is 1. The molecule has 2 heterocycles. The van der Waals surface area contributed by atoms with Crippen molar-refractivity contribution in [1.82, 2.24) is 24.7 Å². The molecule has 2 saturated carbocycles. The first-order chi connectivity index (χ1) is 16.4. The summed E-state index contributed by atoms with van der Waals surface area (Å²) in [6.07, 6.45) is 7.53. The van der Waals surface area contributed by atoms with Gasteiger partial charge in [-0.2, -0.15) is 0 Å². The first-order valence-electron chi connectivity index (χ1n) is 12.5. The van der Waals surface area contributed by atoms with Crippen LogP contribution in [0.4, 0.5) is 0 Å². The average Bonchev–Trinajstić information content (AvgIpc) is 3.35. The number of hydrogen-bond acceptors (Lipinski definition) is 4. The van der Waals surface area contributed by atoms with Crippen molar-refractivity contribution in [2.75, 3.05) is 6.54 Å². The van der Waals surface area contributed by atoms with Gasteiger partial charge in [-0.25, -0.2) is 4.98 Å². The molecule has 34 heavy (non-hydrogen) atoms. The molecule has 1 unspecified atom stereocenters. The zero-order chi connectivity index (χ0) is 23.9. The van der Waals surface area contributed by atoms with E-state index < -0.39 is 5.54 Å². The molecular formula is C26H33N5O3. The lowest BCUT2D eigenvalue weighted by molar-refractivity contribution is -0.134. The molecule has 3 amide bonds. The van der Waals surface area contributed by atoms with Crippen LogP contribution in [0, 0.1) is 0 Å². The van der Waals surface area contributed by atoms with Crippen LogP contribution in [-0.2, 0) is 17.9 Å². The molecular weight excluding hydrogens is 430 g/mol. The van der Waals surface area contributed by atoms with Gasteiger partial charge in [-0.15, -0.1) is 0 Å². The topological polar surface area (TPSA) is 87.5 Å². The third-order valence-electron chi connectivity index (χ3n) is 7.45. The highest BCUT2D eigenvalue weighted by atomic mass is 16.2. The molecule has 1 aliphatic heterocycles. The monoisotopic (exact) mass is 463 g/mol. The zero-order valence-corrected chi connectivity index (χ0v) is 20.0. The minimum Gasteiger partial charge on any atom is -0.351 e. The molecule has 0 spiro atoms. The molecule has 8 heteroatoms. The fourth-order valence-corrected chi connectivity index (χ4v) is 5.40. The second-order valence-electron chi connectivity index (χ2n) is 10.0. The van der Waals surface area contributed by atoms with E-state index in [0.717, 1.165) is 44.1 Å². The maximum absolute atomic E-state index is 13.8. The maximum atomic E-state index is 13.8. The van der Waals surface area contributed by atoms with E-state index >= 15 is 0 Å². The molecule has 2 aliphatic carbocycles. The number of nitrogens with zero attached hydrogens (tertiary/aromatic N) is 4. The number of carbonyl (C=O) groups excluding carboxylic acids is 3. The molecule has 3 aliphatic rings. The first-order valence-corrected chi connectivity index (χ1v) is 12.5. The minimum atomic E-state index is -0.997. The van der Waals surface area contributed by atoms with Crippen LogP contribution in [-0.4, -0.2) is 61.2 Å². The van der Waals surface area contributed by atoms with E-state index in [1.54, 1.807) is 20.7 Å². The van der Waals surface area contributed by atoms with Crippen molar-refractivity contribution in [1.29, 1.82) is 0 Å². The summed E-state index contributed by atoms with van der Waals surface area (Å²) >= 11 is 0. The molecule has 2 fully saturated rings. The molecule has 1 N–H and O–H groups in total. The van der Waals surface area contributed by atoms with Gasteiger partial charge in [0.25, 0.3) is 11.8 Å². The predicted octanol–water partition coefficient (Wildman–Crippen LogP) is 2.98. The van der Waals surface area contributed by atoms with Crippen LogP contribution in [0.2, 0.25) is 0 Å². The van der Waals surface area contributed by atoms with Gasteiger partial charge in [0.1, 0.15) is 11.2 Å². The Morgan fingerprint density at radius 2 is 1.85 bits per heavy atom. The molecule has 1 aromatic heterocycles. The fraction of sp³-hybridized carbons (Fsp3) is 0.538. The summed E-state index contributed by atoms with van der Waals surface area (Å²) < 4.78 is 1.71. The van der Waals surface area contributed by atoms with Crippen LogP contribution in [0.3, 0.4) is 0 Å². The van der Waals surface area contributed by atoms with E-state index in [2.05, 4.69) is 10.3 Å². The van der Waals surface area contributed by atoms with Crippen molar-refractivity contribution in [3.8, 4) is 0 Å². The molecule has 0 bridgehead atoms. The Balaban J connectivity index is 1.43. The van der Waals surface area contributed by atoms with Crippen molar-refractivity contribution < 1.29 is 14.4 Å². The van der Waals surface area contributed by atoms with Crippen molar-refractivity contribution in [3.63, 3.8) is 0 Å². The Labute approximate surface area is 200 Å². The Hall–Kier alpha value is -3.16. The number of fused-ring (bicyclic) bond motifs is 1. The van der Waals surface area contributed by atoms with Gasteiger partial charge in [0.15, 0.2) is 5.69 Å². The van der Waals surface area contributed by atoms with Crippen LogP contribution < -0.4 is 5.32 Å². The average molecular weight is 464 g/mol. The summed E-state index contributed by atoms with van der Waals surface area (Å²) in [4.78, 5) is 48.6. The van der Waals surface area contributed by atoms with Crippen LogP contribution in [0.5, 0.6) is 0 Å². The molecule has 0 radical (unpaired) electrons. The van der Waals surface area contributed by atoms with E-state index in [1.165, 1.54) is 0 Å². The van der Waals surface area contributed by atoms with Crippen molar-refractivity contribution in [2.24, 2.45) is 0 Å². The van der Waals surface area contributed by atoms with Gasteiger partial charge < -0.3 is 19.7 Å². The van der Waals surface area contributed by atoms with Crippen LogP contribution in [0.25, 0.3) is 0 Å². The highest BCUT2D eigenvalue weighted by molar-refractivity contribution is 6.07. The van der Waals surface area contributed by atoms with Gasteiger partial charge in [-0.1, -0.05) is 43.2 Å². The van der Waals surface area contributed by atoms with E-state index in [4.69, 9.17) is 0 Å². The smallest absolute Gasteiger partial charge is 0.275 e. The largest absolute Gasteiger partial charge is 0.351 e. The summed E-state index contributed by atoms with van der Waals surface area (Å²) in [7, 11) is 0. The molecule has 5 rings (SSSR count). The van der Waals surface area contributed by atoms with Crippen LogP contribution in [0.15, 0.2) is 36.7 Å². The predicted molar refractivity (Wildman–Crippen MR) is 127 cm³/mol. The number of rotatable bonds is 7. The van der Waals surface area contributed by atoms with Crippen LogP contribution in [0.1, 0.15) is 78.9 Å². The summed E-state index contributed by atoms with van der Waals surface area (Å²) in [5, 5.41) is 3.20. The number of benzene rings is 1. The van der Waals surface area contributed by atoms with Gasteiger partial charge in [0.05, 0.1) is 12.9 Å². The first kappa shape index (κ1) is 22.6. The number of hydrogen-bond donors (Lipinski definition) is 1. The van der Waals surface area contributed by atoms with E-state index in [-0.39, 0.29) is 35.5 Å². The molecule has 180 valence electrons. The number of carbonyl (C=O) groups is 3. The van der Waals surface area contributed by atoms with Gasteiger partial charge in [-0.05, 0) is 45.1 Å². The van der Waals surface area contributed by atoms with E-state index in [0.29, 0.717) is 25.3 Å². The van der Waals surface area contributed by atoms with Gasteiger partial charge in [0.2, 0.25) is 5.91 Å². The van der Waals surface area contributed by atoms with Gasteiger partial charge >= 0.3 is 0 Å². The summed E-state index contributed by atoms with van der Waals surface area (Å²) in [6, 6.07) is 10.0. The summed E-state index contributed by atoms with van der Waals surface area (Å²) in [6.45, 7) is 5.03. The molecule has 1 atom stereocenters. The maximum Gasteiger partial charge on any atom is 0.275 e. The quantitative estimate of drug-likeness (QED) is 0.684. The highest BCUT2D eigenvalue weighted by Gasteiger charge is 2.54. The lowest BCUT2D eigenvalue weighted by atomic mass is 9.93. The van der Waals surface area contributed by atoms with Crippen molar-refractivity contribution >= 4 is 17.7 Å². The number of aromatic nitrogens is 2. The highest BCUT2D eigenvalue weighted by Crippen LogP contribution is 2.39. The Kier molecular flexibility index (Phi) is 5.91. The standard InChI is InChI=1S/C26H33N5O3/c1-3-29(15-18-9-5-4-6-10-18)23(32)21-22-24(33)31(20-13-14-20)26(2,16-30(22)17-27-21)25(34)28-19-11-7-8-12-19/h4-6,9-10,17,19-20H,3,7-8,11-16H2,1-2H3,(H,28,34). The minimum absolute atomic E-state index is 0.0324. The van der Waals surface area contributed by atoms with Crippen molar-refractivity contribution in [2.45, 2.75) is 83.1 Å². The normalized spacial score (nSPS) is 22.5.